The van der Waals surface area contributed by atoms with Gasteiger partial charge >= 0.3 is 0 Å². The average Bonchev–Trinajstić information content (AvgIpc) is 3.07. The van der Waals surface area contributed by atoms with Crippen molar-refractivity contribution in [2.24, 2.45) is 10.4 Å². The number of carbonyl (C=O) groups is 1. The van der Waals surface area contributed by atoms with Gasteiger partial charge in [0.25, 0.3) is 11.2 Å². The Labute approximate surface area is 203 Å². The van der Waals surface area contributed by atoms with Gasteiger partial charge in [-0.1, -0.05) is 61.1 Å². The van der Waals surface area contributed by atoms with Gasteiger partial charge in [-0.2, -0.15) is 0 Å². The van der Waals surface area contributed by atoms with Crippen molar-refractivity contribution in [1.29, 1.82) is 0 Å². The Morgan fingerprint density at radius 2 is 1.85 bits per heavy atom. The molecule has 1 unspecified atom stereocenters. The summed E-state index contributed by atoms with van der Waals surface area (Å²) in [6.45, 7) is 4.00. The fourth-order valence-corrected chi connectivity index (χ4v) is 5.78. The summed E-state index contributed by atoms with van der Waals surface area (Å²) in [6.07, 6.45) is 2.58. The number of thiazole rings is 1. The molecule has 0 bridgehead atoms. The van der Waals surface area contributed by atoms with Crippen LogP contribution < -0.4 is 14.9 Å². The zero-order valence-corrected chi connectivity index (χ0v) is 20.0. The third-order valence-electron chi connectivity index (χ3n) is 6.09. The van der Waals surface area contributed by atoms with Crippen molar-refractivity contribution in [3.63, 3.8) is 0 Å². The predicted molar refractivity (Wildman–Crippen MR) is 131 cm³/mol. The molecule has 2 aromatic carbocycles. The summed E-state index contributed by atoms with van der Waals surface area (Å²) in [7, 11) is 0. The summed E-state index contributed by atoms with van der Waals surface area (Å²) < 4.78 is 1.86. The molecule has 2 aliphatic rings. The summed E-state index contributed by atoms with van der Waals surface area (Å²) in [5.41, 5.74) is 1.31. The topological polar surface area (TPSA) is 94.6 Å². The molecule has 1 atom stereocenters. The molecule has 0 fully saturated rings. The van der Waals surface area contributed by atoms with Gasteiger partial charge in [0, 0.05) is 23.1 Å². The summed E-state index contributed by atoms with van der Waals surface area (Å²) in [6, 6.07) is 12.5. The summed E-state index contributed by atoms with van der Waals surface area (Å²) >= 11 is 7.19. The van der Waals surface area contributed by atoms with Crippen LogP contribution in [0, 0.1) is 15.5 Å². The second kappa shape index (κ2) is 8.14. The standard InChI is InChI=1S/C25H20ClN3O4S/c1-25(2)12-17-21(19(30)13-25)22(16-5-3-4-6-18(16)29(32)33)28-23(31)20(34-24(28)27-17)11-14-7-9-15(26)10-8-14/h3-11,22H,12-13H2,1-2H3. The van der Waals surface area contributed by atoms with Gasteiger partial charge < -0.3 is 0 Å². The van der Waals surface area contributed by atoms with Crippen LogP contribution in [0.2, 0.25) is 5.02 Å². The van der Waals surface area contributed by atoms with E-state index in [1.807, 2.05) is 13.8 Å². The number of benzene rings is 2. The normalized spacial score (nSPS) is 19.4. The molecule has 7 nitrogen and oxygen atoms in total. The number of Topliss-reactive ketones (excluding diaryl/α,β-unsaturated/α-hetero) is 1. The smallest absolute Gasteiger partial charge is 0.275 e. The molecule has 0 spiro atoms. The summed E-state index contributed by atoms with van der Waals surface area (Å²) in [5, 5.41) is 12.4. The number of hydrogen-bond donors (Lipinski definition) is 0. The first-order valence-corrected chi connectivity index (χ1v) is 11.9. The summed E-state index contributed by atoms with van der Waals surface area (Å²) in [4.78, 5) is 43.5. The van der Waals surface area contributed by atoms with E-state index in [2.05, 4.69) is 0 Å². The summed E-state index contributed by atoms with van der Waals surface area (Å²) in [5.74, 6) is -0.134. The number of fused-ring (bicyclic) bond motifs is 1. The highest BCUT2D eigenvalue weighted by atomic mass is 35.5. The quantitative estimate of drug-likeness (QED) is 0.404. The van der Waals surface area contributed by atoms with E-state index in [4.69, 9.17) is 16.6 Å². The minimum absolute atomic E-state index is 0.133. The van der Waals surface area contributed by atoms with Crippen LogP contribution >= 0.6 is 22.9 Å². The maximum absolute atomic E-state index is 13.6. The number of nitro groups is 1. The van der Waals surface area contributed by atoms with E-state index in [9.17, 15) is 19.7 Å². The van der Waals surface area contributed by atoms with Crippen molar-refractivity contribution in [3.05, 3.63) is 106 Å². The van der Waals surface area contributed by atoms with E-state index in [0.29, 0.717) is 37.6 Å². The molecule has 9 heteroatoms. The van der Waals surface area contributed by atoms with Crippen LogP contribution in [0.1, 0.15) is 43.9 Å². The number of hydrogen-bond acceptors (Lipinski definition) is 6. The number of nitro benzene ring substituents is 1. The highest BCUT2D eigenvalue weighted by Crippen LogP contribution is 2.44. The van der Waals surface area contributed by atoms with Gasteiger partial charge in [-0.3, -0.25) is 24.3 Å². The lowest BCUT2D eigenvalue weighted by atomic mass is 9.73. The number of para-hydroxylation sites is 1. The van der Waals surface area contributed by atoms with Gasteiger partial charge in [0.1, 0.15) is 6.04 Å². The highest BCUT2D eigenvalue weighted by molar-refractivity contribution is 7.07. The molecule has 2 heterocycles. The first kappa shape index (κ1) is 22.4. The molecular formula is C25H20ClN3O4S. The number of ketones is 1. The molecule has 1 aliphatic heterocycles. The molecule has 1 aromatic heterocycles. The number of aromatic nitrogens is 1. The number of carbonyl (C=O) groups excluding carboxylic acids is 1. The first-order valence-electron chi connectivity index (χ1n) is 10.7. The molecule has 0 N–H and O–H groups in total. The van der Waals surface area contributed by atoms with E-state index in [1.165, 1.54) is 22.0 Å². The predicted octanol–water partition coefficient (Wildman–Crippen LogP) is 4.17. The van der Waals surface area contributed by atoms with E-state index in [0.717, 1.165) is 5.56 Å². The third-order valence-corrected chi connectivity index (χ3v) is 7.33. The van der Waals surface area contributed by atoms with Gasteiger partial charge in [0.15, 0.2) is 10.6 Å². The first-order chi connectivity index (χ1) is 16.1. The van der Waals surface area contributed by atoms with Gasteiger partial charge in [0.2, 0.25) is 0 Å². The fraction of sp³-hybridized carbons (Fsp3) is 0.240. The highest BCUT2D eigenvalue weighted by Gasteiger charge is 2.42. The molecule has 34 heavy (non-hydrogen) atoms. The molecule has 0 saturated heterocycles. The second-order valence-corrected chi connectivity index (χ2v) is 10.7. The fourth-order valence-electron chi connectivity index (χ4n) is 4.64. The average molecular weight is 494 g/mol. The van der Waals surface area contributed by atoms with Crippen LogP contribution in [0.4, 0.5) is 5.69 Å². The Morgan fingerprint density at radius 3 is 2.56 bits per heavy atom. The Bertz CT molecular complexity index is 1560. The molecule has 1 aliphatic carbocycles. The Hall–Kier alpha value is -3.36. The van der Waals surface area contributed by atoms with Crippen molar-refractivity contribution in [2.45, 2.75) is 32.7 Å². The third kappa shape index (κ3) is 3.82. The van der Waals surface area contributed by atoms with Crippen LogP contribution in [0.5, 0.6) is 0 Å². The van der Waals surface area contributed by atoms with E-state index in [1.54, 1.807) is 48.5 Å². The minimum Gasteiger partial charge on any atom is -0.294 e. The van der Waals surface area contributed by atoms with Crippen LogP contribution in [0.25, 0.3) is 6.08 Å². The largest absolute Gasteiger partial charge is 0.294 e. The van der Waals surface area contributed by atoms with Crippen LogP contribution in [-0.4, -0.2) is 15.3 Å². The monoisotopic (exact) mass is 493 g/mol. The van der Waals surface area contributed by atoms with Crippen molar-refractivity contribution in [1.82, 2.24) is 4.57 Å². The number of nitrogens with zero attached hydrogens (tertiary/aromatic N) is 3. The van der Waals surface area contributed by atoms with Crippen molar-refractivity contribution in [3.8, 4) is 0 Å². The number of halogens is 1. The Balaban J connectivity index is 1.81. The van der Waals surface area contributed by atoms with Crippen LogP contribution in [0.3, 0.4) is 0 Å². The van der Waals surface area contributed by atoms with Crippen LogP contribution in [-0.2, 0) is 4.79 Å². The van der Waals surface area contributed by atoms with Gasteiger partial charge in [-0.05, 0) is 41.7 Å². The zero-order chi connectivity index (χ0) is 24.2. The Kier molecular flexibility index (Phi) is 5.37. The maximum atomic E-state index is 13.6. The van der Waals surface area contributed by atoms with Crippen molar-refractivity contribution < 1.29 is 9.72 Å². The molecule has 5 rings (SSSR count). The minimum atomic E-state index is -0.899. The SMILES string of the molecule is CC1(C)CC(=O)C2=C(C1)N=c1sc(=Cc3ccc(Cl)cc3)c(=O)n1C2c1ccccc1[N+](=O)[O-]. The maximum Gasteiger partial charge on any atom is 0.275 e. The van der Waals surface area contributed by atoms with E-state index >= 15 is 0 Å². The van der Waals surface area contributed by atoms with Gasteiger partial charge in [0.05, 0.1) is 20.7 Å². The van der Waals surface area contributed by atoms with Crippen molar-refractivity contribution >= 4 is 40.5 Å². The molecule has 3 aromatic rings. The van der Waals surface area contributed by atoms with Gasteiger partial charge in [-0.15, -0.1) is 0 Å². The van der Waals surface area contributed by atoms with Crippen molar-refractivity contribution in [2.75, 3.05) is 0 Å². The molecule has 0 saturated carbocycles. The van der Waals surface area contributed by atoms with E-state index < -0.39 is 11.0 Å². The number of rotatable bonds is 3. The Morgan fingerprint density at radius 1 is 1.15 bits per heavy atom. The van der Waals surface area contributed by atoms with Gasteiger partial charge in [-0.25, -0.2) is 4.99 Å². The molecule has 0 radical (unpaired) electrons. The lowest BCUT2D eigenvalue weighted by Crippen LogP contribution is -2.42. The lowest BCUT2D eigenvalue weighted by molar-refractivity contribution is -0.385. The molecule has 172 valence electrons. The number of allylic oxidation sites excluding steroid dienone is 2. The van der Waals surface area contributed by atoms with Crippen LogP contribution in [0.15, 0.2) is 69.6 Å². The molecule has 0 amide bonds. The zero-order valence-electron chi connectivity index (χ0n) is 18.4. The lowest BCUT2D eigenvalue weighted by Gasteiger charge is -2.35. The molecular weight excluding hydrogens is 474 g/mol. The van der Waals surface area contributed by atoms with E-state index in [-0.39, 0.29) is 28.9 Å². The second-order valence-electron chi connectivity index (χ2n) is 9.25.